The van der Waals surface area contributed by atoms with Gasteiger partial charge in [-0.3, -0.25) is 4.79 Å². The molecule has 0 radical (unpaired) electrons. The van der Waals surface area contributed by atoms with E-state index in [1.807, 2.05) is 17.0 Å². The summed E-state index contributed by atoms with van der Waals surface area (Å²) in [6.07, 6.45) is 3.38. The van der Waals surface area contributed by atoms with Gasteiger partial charge in [0.25, 0.3) is 5.91 Å². The van der Waals surface area contributed by atoms with Gasteiger partial charge in [-0.2, -0.15) is 0 Å². The summed E-state index contributed by atoms with van der Waals surface area (Å²) in [6, 6.07) is 9.13. The quantitative estimate of drug-likeness (QED) is 0.901. The maximum absolute atomic E-state index is 12.8. The molecule has 4 rings (SSSR count). The molecule has 2 aliphatic heterocycles. The van der Waals surface area contributed by atoms with Gasteiger partial charge in [0, 0.05) is 24.8 Å². The third-order valence-electron chi connectivity index (χ3n) is 4.65. The van der Waals surface area contributed by atoms with Crippen molar-refractivity contribution in [3.05, 3.63) is 47.7 Å². The van der Waals surface area contributed by atoms with Gasteiger partial charge >= 0.3 is 0 Å². The van der Waals surface area contributed by atoms with Gasteiger partial charge in [0.15, 0.2) is 11.5 Å². The summed E-state index contributed by atoms with van der Waals surface area (Å²) in [5.41, 5.74) is 7.45. The van der Waals surface area contributed by atoms with E-state index in [0.29, 0.717) is 42.6 Å². The highest BCUT2D eigenvalue weighted by Crippen LogP contribution is 2.33. The zero-order chi connectivity index (χ0) is 17.9. The number of carbonyl (C=O) groups is 1. The first-order chi connectivity index (χ1) is 12.7. The zero-order valence-corrected chi connectivity index (χ0v) is 14.4. The maximum atomic E-state index is 12.8. The number of hydrogen-bond acceptors (Lipinski definition) is 6. The second-order valence-corrected chi connectivity index (χ2v) is 6.44. The van der Waals surface area contributed by atoms with Gasteiger partial charge in [0.05, 0.1) is 12.7 Å². The third kappa shape index (κ3) is 3.57. The number of carbonyl (C=O) groups excluding carboxylic acids is 1. The standard InChI is InChI=1S/C19H21N3O4/c20-18-9-13(5-6-21-18)1-3-15-11-22(7-8-24-15)19(23)14-2-4-16-17(10-14)26-12-25-16/h2,4-6,9-10,15H,1,3,7-8,11-12H2,(H2,20,21)/t15-/m0/s1. The molecule has 1 aromatic carbocycles. The number of aryl methyl sites for hydroxylation is 1. The summed E-state index contributed by atoms with van der Waals surface area (Å²) >= 11 is 0. The van der Waals surface area contributed by atoms with Gasteiger partial charge in [-0.25, -0.2) is 4.98 Å². The highest BCUT2D eigenvalue weighted by molar-refractivity contribution is 5.95. The van der Waals surface area contributed by atoms with Crippen molar-refractivity contribution in [1.29, 1.82) is 0 Å². The topological polar surface area (TPSA) is 86.9 Å². The molecule has 0 bridgehead atoms. The van der Waals surface area contributed by atoms with Crippen molar-refractivity contribution in [3.8, 4) is 11.5 Å². The summed E-state index contributed by atoms with van der Waals surface area (Å²) in [5, 5.41) is 0. The number of amides is 1. The van der Waals surface area contributed by atoms with Gasteiger partial charge in [-0.05, 0) is 48.7 Å². The molecule has 7 heteroatoms. The predicted molar refractivity (Wildman–Crippen MR) is 95.2 cm³/mol. The van der Waals surface area contributed by atoms with E-state index in [4.69, 9.17) is 19.9 Å². The Hall–Kier alpha value is -2.80. The van der Waals surface area contributed by atoms with Gasteiger partial charge in [0.2, 0.25) is 6.79 Å². The van der Waals surface area contributed by atoms with Crippen LogP contribution in [0, 0.1) is 0 Å². The Morgan fingerprint density at radius 2 is 2.12 bits per heavy atom. The Labute approximate surface area is 151 Å². The molecule has 3 heterocycles. The summed E-state index contributed by atoms with van der Waals surface area (Å²) < 4.78 is 16.5. The highest BCUT2D eigenvalue weighted by Gasteiger charge is 2.26. The third-order valence-corrected chi connectivity index (χ3v) is 4.65. The molecule has 1 saturated heterocycles. The molecule has 2 N–H and O–H groups in total. The number of rotatable bonds is 4. The van der Waals surface area contributed by atoms with Crippen LogP contribution in [0.2, 0.25) is 0 Å². The fourth-order valence-corrected chi connectivity index (χ4v) is 3.27. The minimum absolute atomic E-state index is 0.00949. The van der Waals surface area contributed by atoms with Crippen molar-refractivity contribution in [2.24, 2.45) is 0 Å². The molecule has 0 spiro atoms. The average molecular weight is 355 g/mol. The minimum Gasteiger partial charge on any atom is -0.454 e. The van der Waals surface area contributed by atoms with E-state index >= 15 is 0 Å². The molecule has 136 valence electrons. The monoisotopic (exact) mass is 355 g/mol. The number of aromatic nitrogens is 1. The van der Waals surface area contributed by atoms with Crippen LogP contribution in [0.5, 0.6) is 11.5 Å². The minimum atomic E-state index is -0.00949. The van der Waals surface area contributed by atoms with Crippen LogP contribution in [-0.4, -0.2) is 48.4 Å². The fourth-order valence-electron chi connectivity index (χ4n) is 3.27. The number of hydrogen-bond donors (Lipinski definition) is 1. The fraction of sp³-hybridized carbons (Fsp3) is 0.368. The normalized spacial score (nSPS) is 18.8. The lowest BCUT2D eigenvalue weighted by Gasteiger charge is -2.33. The lowest BCUT2D eigenvalue weighted by molar-refractivity contribution is -0.0246. The van der Waals surface area contributed by atoms with E-state index in [1.54, 1.807) is 24.4 Å². The SMILES string of the molecule is Nc1cc(CC[C@H]2CN(C(=O)c3ccc4c(c3)OCO4)CCO2)ccn1. The smallest absolute Gasteiger partial charge is 0.254 e. The molecule has 1 aromatic heterocycles. The first-order valence-electron chi connectivity index (χ1n) is 8.70. The average Bonchev–Trinajstić information content (AvgIpc) is 3.14. The number of nitrogens with zero attached hydrogens (tertiary/aromatic N) is 2. The van der Waals surface area contributed by atoms with E-state index < -0.39 is 0 Å². The number of morpholine rings is 1. The Kier molecular flexibility index (Phi) is 4.62. The van der Waals surface area contributed by atoms with E-state index in [2.05, 4.69) is 4.98 Å². The molecule has 0 saturated carbocycles. The van der Waals surface area contributed by atoms with Crippen molar-refractivity contribution in [2.75, 3.05) is 32.2 Å². The molecule has 1 fully saturated rings. The predicted octanol–water partition coefficient (Wildman–Crippen LogP) is 1.87. The number of anilines is 1. The van der Waals surface area contributed by atoms with Crippen LogP contribution in [0.4, 0.5) is 5.82 Å². The van der Waals surface area contributed by atoms with Gasteiger partial charge in [-0.15, -0.1) is 0 Å². The summed E-state index contributed by atoms with van der Waals surface area (Å²) in [5.74, 6) is 1.81. The molecule has 0 unspecified atom stereocenters. The molecule has 2 aromatic rings. The van der Waals surface area contributed by atoms with Gasteiger partial charge < -0.3 is 24.8 Å². The van der Waals surface area contributed by atoms with Crippen LogP contribution < -0.4 is 15.2 Å². The Bertz CT molecular complexity index is 811. The van der Waals surface area contributed by atoms with Gasteiger partial charge in [0.1, 0.15) is 5.82 Å². The van der Waals surface area contributed by atoms with Crippen LogP contribution in [0.25, 0.3) is 0 Å². The second kappa shape index (κ2) is 7.21. The number of pyridine rings is 1. The summed E-state index contributed by atoms with van der Waals surface area (Å²) in [7, 11) is 0. The number of nitrogens with two attached hydrogens (primary N) is 1. The van der Waals surface area contributed by atoms with Gasteiger partial charge in [-0.1, -0.05) is 0 Å². The largest absolute Gasteiger partial charge is 0.454 e. The molecule has 26 heavy (non-hydrogen) atoms. The Balaban J connectivity index is 1.37. The van der Waals surface area contributed by atoms with E-state index in [0.717, 1.165) is 18.4 Å². The highest BCUT2D eigenvalue weighted by atomic mass is 16.7. The molecular formula is C19H21N3O4. The first-order valence-corrected chi connectivity index (χ1v) is 8.70. The van der Waals surface area contributed by atoms with Crippen LogP contribution in [0.1, 0.15) is 22.3 Å². The first kappa shape index (κ1) is 16.7. The van der Waals surface area contributed by atoms with Crippen molar-refractivity contribution in [3.63, 3.8) is 0 Å². The molecular weight excluding hydrogens is 334 g/mol. The number of fused-ring (bicyclic) bond motifs is 1. The van der Waals surface area contributed by atoms with Crippen LogP contribution >= 0.6 is 0 Å². The van der Waals surface area contributed by atoms with Crippen molar-refractivity contribution >= 4 is 11.7 Å². The lowest BCUT2D eigenvalue weighted by atomic mass is 10.1. The van der Waals surface area contributed by atoms with Crippen LogP contribution in [0.3, 0.4) is 0 Å². The molecule has 7 nitrogen and oxygen atoms in total. The Morgan fingerprint density at radius 1 is 1.23 bits per heavy atom. The summed E-state index contributed by atoms with van der Waals surface area (Å²) in [6.45, 7) is 1.91. The van der Waals surface area contributed by atoms with Crippen LogP contribution in [0.15, 0.2) is 36.5 Å². The van der Waals surface area contributed by atoms with Crippen molar-refractivity contribution in [1.82, 2.24) is 9.88 Å². The van der Waals surface area contributed by atoms with E-state index in [-0.39, 0.29) is 18.8 Å². The molecule has 1 amide bonds. The van der Waals surface area contributed by atoms with E-state index in [9.17, 15) is 4.79 Å². The summed E-state index contributed by atoms with van der Waals surface area (Å²) in [4.78, 5) is 18.7. The molecule has 1 atom stereocenters. The number of ether oxygens (including phenoxy) is 3. The van der Waals surface area contributed by atoms with Crippen LogP contribution in [-0.2, 0) is 11.2 Å². The molecule has 2 aliphatic rings. The lowest BCUT2D eigenvalue weighted by Crippen LogP contribution is -2.45. The maximum Gasteiger partial charge on any atom is 0.254 e. The Morgan fingerprint density at radius 3 is 3.00 bits per heavy atom. The van der Waals surface area contributed by atoms with E-state index in [1.165, 1.54) is 0 Å². The van der Waals surface area contributed by atoms with Crippen molar-refractivity contribution < 1.29 is 19.0 Å². The second-order valence-electron chi connectivity index (χ2n) is 6.44. The zero-order valence-electron chi connectivity index (χ0n) is 14.4. The van der Waals surface area contributed by atoms with Crippen molar-refractivity contribution in [2.45, 2.75) is 18.9 Å². The molecule has 0 aliphatic carbocycles. The number of benzene rings is 1. The number of nitrogen functional groups attached to an aromatic ring is 1.